The van der Waals surface area contributed by atoms with E-state index in [0.717, 1.165) is 19.2 Å². The van der Waals surface area contributed by atoms with Gasteiger partial charge in [0.25, 0.3) is 0 Å². The maximum atomic E-state index is 11.7. The lowest BCUT2D eigenvalue weighted by molar-refractivity contribution is -0.386. The average molecular weight is 390 g/mol. The Hall–Kier alpha value is -2.49. The molecule has 0 amide bonds. The van der Waals surface area contributed by atoms with Crippen LogP contribution in [0.1, 0.15) is 12.5 Å². The minimum absolute atomic E-state index is 0.0388. The predicted molar refractivity (Wildman–Crippen MR) is 103 cm³/mol. The number of rotatable bonds is 6. The maximum absolute atomic E-state index is 11.7. The molecule has 2 aromatic carbocycles. The van der Waals surface area contributed by atoms with Crippen molar-refractivity contribution in [2.45, 2.75) is 24.4 Å². The second-order valence-corrected chi connectivity index (χ2v) is 8.39. The lowest BCUT2D eigenvalue weighted by Crippen LogP contribution is -2.28. The number of sulfonamides is 1. The Morgan fingerprint density at radius 3 is 2.52 bits per heavy atom. The molecule has 0 aromatic heterocycles. The molecule has 2 unspecified atom stereocenters. The van der Waals surface area contributed by atoms with Gasteiger partial charge in [0.1, 0.15) is 5.69 Å². The number of primary sulfonamides is 1. The minimum Gasteiger partial charge on any atom is -0.375 e. The molecule has 3 N–H and O–H groups in total. The summed E-state index contributed by atoms with van der Waals surface area (Å²) in [7, 11) is -4.19. The summed E-state index contributed by atoms with van der Waals surface area (Å²) in [6, 6.07) is 14.2. The van der Waals surface area contributed by atoms with E-state index in [2.05, 4.69) is 29.3 Å². The summed E-state index contributed by atoms with van der Waals surface area (Å²) in [5, 5.41) is 19.8. The molecule has 2 atom stereocenters. The standard InChI is InChI=1S/C18H22N4O4S/c1-13-10-21(11-14-6-3-2-4-7-14)12-16(13)20-15-8-5-9-17(27(19,25)26)18(15)22(23)24/h2-9,13,16,20H,10-12H2,1H3,(H2,19,25,26). The fraction of sp³-hybridized carbons (Fsp3) is 0.333. The fourth-order valence-corrected chi connectivity index (χ4v) is 4.20. The van der Waals surface area contributed by atoms with Crippen LogP contribution >= 0.6 is 0 Å². The summed E-state index contributed by atoms with van der Waals surface area (Å²) in [6.07, 6.45) is 0. The van der Waals surface area contributed by atoms with E-state index < -0.39 is 25.5 Å². The monoisotopic (exact) mass is 390 g/mol. The number of likely N-dealkylation sites (tertiary alicyclic amines) is 1. The van der Waals surface area contributed by atoms with Crippen LogP contribution in [0.2, 0.25) is 0 Å². The van der Waals surface area contributed by atoms with E-state index in [4.69, 9.17) is 5.14 Å². The Labute approximate surface area is 158 Å². The first-order valence-corrected chi connectivity index (χ1v) is 10.1. The van der Waals surface area contributed by atoms with Crippen LogP contribution in [0, 0.1) is 16.0 Å². The normalized spacial score (nSPS) is 20.5. The van der Waals surface area contributed by atoms with Gasteiger partial charge in [-0.25, -0.2) is 13.6 Å². The summed E-state index contributed by atoms with van der Waals surface area (Å²) in [4.78, 5) is 12.6. The number of nitrogens with one attached hydrogen (secondary N) is 1. The Bertz CT molecular complexity index is 934. The van der Waals surface area contributed by atoms with Gasteiger partial charge in [0.2, 0.25) is 10.0 Å². The summed E-state index contributed by atoms with van der Waals surface area (Å²) >= 11 is 0. The molecule has 1 saturated heterocycles. The molecule has 144 valence electrons. The molecule has 0 saturated carbocycles. The number of hydrogen-bond acceptors (Lipinski definition) is 6. The van der Waals surface area contributed by atoms with Crippen LogP contribution in [0.4, 0.5) is 11.4 Å². The van der Waals surface area contributed by atoms with Crippen molar-refractivity contribution < 1.29 is 13.3 Å². The zero-order chi connectivity index (χ0) is 19.6. The van der Waals surface area contributed by atoms with Crippen molar-refractivity contribution in [3.8, 4) is 0 Å². The predicted octanol–water partition coefficient (Wildman–Crippen LogP) is 2.17. The molecule has 1 fully saturated rings. The van der Waals surface area contributed by atoms with Crippen LogP contribution in [0.25, 0.3) is 0 Å². The van der Waals surface area contributed by atoms with Gasteiger partial charge in [-0.3, -0.25) is 15.0 Å². The van der Waals surface area contributed by atoms with E-state index in [1.165, 1.54) is 17.7 Å². The van der Waals surface area contributed by atoms with Gasteiger partial charge in [0, 0.05) is 25.7 Å². The Kier molecular flexibility index (Phi) is 5.45. The molecular weight excluding hydrogens is 368 g/mol. The zero-order valence-corrected chi connectivity index (χ0v) is 15.7. The molecule has 3 rings (SSSR count). The van der Waals surface area contributed by atoms with Gasteiger partial charge in [0.05, 0.1) is 4.92 Å². The maximum Gasteiger partial charge on any atom is 0.312 e. The van der Waals surface area contributed by atoms with Crippen molar-refractivity contribution in [2.75, 3.05) is 18.4 Å². The van der Waals surface area contributed by atoms with E-state index in [1.54, 1.807) is 0 Å². The van der Waals surface area contributed by atoms with Crippen LogP contribution in [-0.4, -0.2) is 37.4 Å². The van der Waals surface area contributed by atoms with Crippen molar-refractivity contribution in [3.05, 3.63) is 64.2 Å². The van der Waals surface area contributed by atoms with E-state index in [-0.39, 0.29) is 17.6 Å². The first-order valence-electron chi connectivity index (χ1n) is 8.58. The van der Waals surface area contributed by atoms with Crippen molar-refractivity contribution in [1.29, 1.82) is 0 Å². The van der Waals surface area contributed by atoms with Gasteiger partial charge in [-0.15, -0.1) is 0 Å². The quantitative estimate of drug-likeness (QED) is 0.576. The highest BCUT2D eigenvalue weighted by Gasteiger charge is 2.33. The second-order valence-electron chi connectivity index (χ2n) is 6.86. The number of anilines is 1. The molecule has 8 nitrogen and oxygen atoms in total. The number of nitro groups is 1. The number of nitro benzene ring substituents is 1. The summed E-state index contributed by atoms with van der Waals surface area (Å²) < 4.78 is 23.4. The number of hydrogen-bond donors (Lipinski definition) is 2. The molecule has 9 heteroatoms. The first kappa shape index (κ1) is 19.3. The number of nitrogens with two attached hydrogens (primary N) is 1. The third-order valence-electron chi connectivity index (χ3n) is 4.77. The van der Waals surface area contributed by atoms with Crippen molar-refractivity contribution in [1.82, 2.24) is 4.90 Å². The van der Waals surface area contributed by atoms with E-state index in [1.807, 2.05) is 18.2 Å². The lowest BCUT2D eigenvalue weighted by Gasteiger charge is -2.19. The van der Waals surface area contributed by atoms with Crippen molar-refractivity contribution in [2.24, 2.45) is 11.1 Å². The number of benzene rings is 2. The number of nitrogens with zero attached hydrogens (tertiary/aromatic N) is 2. The first-order chi connectivity index (χ1) is 12.8. The van der Waals surface area contributed by atoms with E-state index in [0.29, 0.717) is 6.54 Å². The molecule has 1 aliphatic heterocycles. The summed E-state index contributed by atoms with van der Waals surface area (Å²) in [5.74, 6) is 0.242. The topological polar surface area (TPSA) is 119 Å². The molecule has 0 radical (unpaired) electrons. The molecular formula is C18H22N4O4S. The van der Waals surface area contributed by atoms with Crippen LogP contribution in [0.5, 0.6) is 0 Å². The lowest BCUT2D eigenvalue weighted by atomic mass is 10.1. The van der Waals surface area contributed by atoms with Crippen molar-refractivity contribution in [3.63, 3.8) is 0 Å². The molecule has 2 aromatic rings. The third-order valence-corrected chi connectivity index (χ3v) is 5.71. The molecule has 1 aliphatic rings. The van der Waals surface area contributed by atoms with E-state index in [9.17, 15) is 18.5 Å². The van der Waals surface area contributed by atoms with Crippen LogP contribution in [0.15, 0.2) is 53.4 Å². The summed E-state index contributed by atoms with van der Waals surface area (Å²) in [6.45, 7) is 4.41. The van der Waals surface area contributed by atoms with Crippen LogP contribution in [0.3, 0.4) is 0 Å². The second kappa shape index (κ2) is 7.63. The number of para-hydroxylation sites is 1. The van der Waals surface area contributed by atoms with Crippen LogP contribution < -0.4 is 10.5 Å². The SMILES string of the molecule is CC1CN(Cc2ccccc2)CC1Nc1cccc(S(N)(=O)=O)c1[N+](=O)[O-]. The van der Waals surface area contributed by atoms with E-state index >= 15 is 0 Å². The Morgan fingerprint density at radius 2 is 1.89 bits per heavy atom. The van der Waals surface area contributed by atoms with Gasteiger partial charge in [-0.05, 0) is 23.6 Å². The largest absolute Gasteiger partial charge is 0.375 e. The van der Waals surface area contributed by atoms with Gasteiger partial charge in [-0.1, -0.05) is 43.3 Å². The molecule has 1 heterocycles. The fourth-order valence-electron chi connectivity index (χ4n) is 3.48. The highest BCUT2D eigenvalue weighted by molar-refractivity contribution is 7.89. The molecule has 27 heavy (non-hydrogen) atoms. The Balaban J connectivity index is 1.80. The van der Waals surface area contributed by atoms with Gasteiger partial charge in [0.15, 0.2) is 4.90 Å². The minimum atomic E-state index is -4.19. The Morgan fingerprint density at radius 1 is 1.19 bits per heavy atom. The van der Waals surface area contributed by atoms with Gasteiger partial charge < -0.3 is 5.32 Å². The molecule has 0 spiro atoms. The summed E-state index contributed by atoms with van der Waals surface area (Å²) in [5.41, 5.74) is 0.867. The van der Waals surface area contributed by atoms with Crippen LogP contribution in [-0.2, 0) is 16.6 Å². The highest BCUT2D eigenvalue weighted by atomic mass is 32.2. The highest BCUT2D eigenvalue weighted by Crippen LogP contribution is 2.33. The van der Waals surface area contributed by atoms with Gasteiger partial charge in [-0.2, -0.15) is 0 Å². The molecule has 0 aliphatic carbocycles. The third kappa shape index (κ3) is 4.44. The van der Waals surface area contributed by atoms with Gasteiger partial charge >= 0.3 is 5.69 Å². The van der Waals surface area contributed by atoms with Crippen molar-refractivity contribution >= 4 is 21.4 Å². The zero-order valence-electron chi connectivity index (χ0n) is 14.9. The average Bonchev–Trinajstić information content (AvgIpc) is 2.93. The molecule has 0 bridgehead atoms. The smallest absolute Gasteiger partial charge is 0.312 e.